The second-order valence-electron chi connectivity index (χ2n) is 11.5. The third kappa shape index (κ3) is 8.30. The lowest BCUT2D eigenvalue weighted by molar-refractivity contribution is -0.123. The summed E-state index contributed by atoms with van der Waals surface area (Å²) in [6.45, 7) is 10.7. The molecule has 6 heteroatoms. The van der Waals surface area contributed by atoms with E-state index in [2.05, 4.69) is 55.8 Å². The van der Waals surface area contributed by atoms with Crippen molar-refractivity contribution in [2.24, 2.45) is 5.92 Å². The van der Waals surface area contributed by atoms with Crippen molar-refractivity contribution in [1.29, 1.82) is 0 Å². The Morgan fingerprint density at radius 1 is 1.00 bits per heavy atom. The summed E-state index contributed by atoms with van der Waals surface area (Å²) in [6, 6.07) is 11.3. The minimum atomic E-state index is -0.579. The van der Waals surface area contributed by atoms with Gasteiger partial charge in [-0.05, 0) is 99.5 Å². The average Bonchev–Trinajstić information content (AvgIpc) is 2.85. The van der Waals surface area contributed by atoms with E-state index >= 15 is 0 Å². The molecule has 0 aliphatic carbocycles. The number of pyridine rings is 2. The molecule has 1 aromatic carbocycles. The van der Waals surface area contributed by atoms with E-state index in [9.17, 15) is 14.4 Å². The van der Waals surface area contributed by atoms with Crippen LogP contribution in [0.5, 0.6) is 0 Å². The highest BCUT2D eigenvalue weighted by Crippen LogP contribution is 2.33. The van der Waals surface area contributed by atoms with E-state index in [0.29, 0.717) is 6.42 Å². The number of carbonyl (C=O) groups excluding carboxylic acids is 2. The molecule has 0 radical (unpaired) electrons. The molecule has 3 aromatic rings. The fourth-order valence-electron chi connectivity index (χ4n) is 5.26. The lowest BCUT2D eigenvalue weighted by Crippen LogP contribution is -2.31. The van der Waals surface area contributed by atoms with Crippen LogP contribution in [0.25, 0.3) is 11.1 Å². The van der Waals surface area contributed by atoms with Gasteiger partial charge in [-0.2, -0.15) is 0 Å². The molecule has 0 fully saturated rings. The van der Waals surface area contributed by atoms with E-state index in [4.69, 9.17) is 0 Å². The first-order chi connectivity index (χ1) is 18.5. The van der Waals surface area contributed by atoms with E-state index in [-0.39, 0.29) is 41.8 Å². The monoisotopic (exact) mass is 529 g/mol. The van der Waals surface area contributed by atoms with Crippen molar-refractivity contribution in [3.8, 4) is 11.1 Å². The van der Waals surface area contributed by atoms with Crippen LogP contribution in [0.1, 0.15) is 74.2 Å². The average molecular weight is 530 g/mol. The predicted octanol–water partition coefficient (Wildman–Crippen LogP) is 5.94. The van der Waals surface area contributed by atoms with E-state index in [1.54, 1.807) is 30.0 Å². The summed E-state index contributed by atoms with van der Waals surface area (Å²) in [5.41, 5.74) is 6.08. The molecule has 0 amide bonds. The van der Waals surface area contributed by atoms with Crippen LogP contribution in [0.15, 0.2) is 59.8 Å². The lowest BCUT2D eigenvalue weighted by atomic mass is 9.85. The predicted molar refractivity (Wildman–Crippen MR) is 158 cm³/mol. The third-order valence-corrected chi connectivity index (χ3v) is 7.24. The van der Waals surface area contributed by atoms with E-state index in [0.717, 1.165) is 46.3 Å². The minimum Gasteiger partial charge on any atom is -0.309 e. The van der Waals surface area contributed by atoms with Gasteiger partial charge >= 0.3 is 0 Å². The lowest BCUT2D eigenvalue weighted by Gasteiger charge is -2.24. The van der Waals surface area contributed by atoms with Gasteiger partial charge in [-0.25, -0.2) is 0 Å². The zero-order valence-corrected chi connectivity index (χ0v) is 24.5. The number of Topliss-reactive ketones (excluding diaryl/α,β-unsaturated/α-hetero) is 2. The molecule has 0 aliphatic heterocycles. The maximum atomic E-state index is 13.9. The molecule has 2 heterocycles. The Labute approximate surface area is 233 Å². The van der Waals surface area contributed by atoms with Crippen molar-refractivity contribution in [3.63, 3.8) is 0 Å². The third-order valence-electron chi connectivity index (χ3n) is 7.24. The van der Waals surface area contributed by atoms with E-state index < -0.39 is 6.04 Å². The van der Waals surface area contributed by atoms with Crippen molar-refractivity contribution in [3.05, 3.63) is 87.6 Å². The minimum absolute atomic E-state index is 0.0214. The van der Waals surface area contributed by atoms with Gasteiger partial charge in [-0.1, -0.05) is 32.0 Å². The molecule has 0 aliphatic rings. The second kappa shape index (κ2) is 13.6. The number of carbonyl (C=O) groups is 2. The maximum Gasteiger partial charge on any atom is 0.251 e. The Kier molecular flexibility index (Phi) is 10.5. The molecule has 208 valence electrons. The summed E-state index contributed by atoms with van der Waals surface area (Å²) in [6.07, 6.45) is 7.12. The first-order valence-corrected chi connectivity index (χ1v) is 13.9. The Morgan fingerprint density at radius 2 is 1.69 bits per heavy atom. The molecule has 0 N–H and O–H groups in total. The first-order valence-electron chi connectivity index (χ1n) is 13.9. The standard InChI is InChI=1S/C33H43N3O3/c1-22(2)15-30(36-14-12-26(17-32(36)39)11-13-35(6)7)31(38)19-27(16-25(5)37)28-18-29(21-34-20-28)33-23(3)9-8-10-24(33)4/h8-10,12,14,17-18,20-22,27,30H,11,13,15-16,19H2,1-7H3/t27-,30-/m1/s1. The molecule has 0 saturated heterocycles. The van der Waals surface area contributed by atoms with E-state index in [1.807, 2.05) is 32.4 Å². The molecule has 0 unspecified atom stereocenters. The molecule has 39 heavy (non-hydrogen) atoms. The summed E-state index contributed by atoms with van der Waals surface area (Å²) >= 11 is 0. The Bertz CT molecular complexity index is 1340. The number of aryl methyl sites for hydroxylation is 2. The molecule has 6 nitrogen and oxygen atoms in total. The number of nitrogens with zero attached hydrogens (tertiary/aromatic N) is 3. The fourth-order valence-corrected chi connectivity index (χ4v) is 5.26. The normalized spacial score (nSPS) is 13.1. The van der Waals surface area contributed by atoms with Crippen molar-refractivity contribution >= 4 is 11.6 Å². The number of hydrogen-bond donors (Lipinski definition) is 0. The van der Waals surface area contributed by atoms with Crippen LogP contribution in [-0.2, 0) is 16.0 Å². The molecule has 0 saturated carbocycles. The molecular formula is C33H43N3O3. The van der Waals surface area contributed by atoms with E-state index in [1.165, 1.54) is 0 Å². The van der Waals surface area contributed by atoms with Crippen molar-refractivity contribution in [2.45, 2.75) is 72.3 Å². The van der Waals surface area contributed by atoms with Gasteiger partial charge in [0.15, 0.2) is 5.78 Å². The summed E-state index contributed by atoms with van der Waals surface area (Å²) in [4.78, 5) is 45.9. The van der Waals surface area contributed by atoms with Gasteiger partial charge < -0.3 is 14.3 Å². The zero-order chi connectivity index (χ0) is 28.7. The van der Waals surface area contributed by atoms with Crippen LogP contribution in [0.4, 0.5) is 0 Å². The molecule has 2 atom stereocenters. The highest BCUT2D eigenvalue weighted by Gasteiger charge is 2.27. The second-order valence-corrected chi connectivity index (χ2v) is 11.5. The van der Waals surface area contributed by atoms with Crippen molar-refractivity contribution in [2.75, 3.05) is 20.6 Å². The highest BCUT2D eigenvalue weighted by molar-refractivity contribution is 5.85. The smallest absolute Gasteiger partial charge is 0.251 e. The van der Waals surface area contributed by atoms with Crippen LogP contribution < -0.4 is 5.56 Å². The number of hydrogen-bond acceptors (Lipinski definition) is 5. The van der Waals surface area contributed by atoms with Crippen LogP contribution >= 0.6 is 0 Å². The number of benzene rings is 1. The summed E-state index contributed by atoms with van der Waals surface area (Å²) in [5, 5.41) is 0. The maximum absolute atomic E-state index is 13.9. The Morgan fingerprint density at radius 3 is 2.28 bits per heavy atom. The quantitative estimate of drug-likeness (QED) is 0.274. The fraction of sp³-hybridized carbons (Fsp3) is 0.455. The van der Waals surface area contributed by atoms with Gasteiger partial charge in [-0.3, -0.25) is 14.6 Å². The van der Waals surface area contributed by atoms with Gasteiger partial charge in [0.05, 0.1) is 6.04 Å². The molecule has 3 rings (SSSR count). The number of likely N-dealkylation sites (N-methyl/N-ethyl adjacent to an activating group) is 1. The molecule has 0 spiro atoms. The van der Waals surface area contributed by atoms with Gasteiger partial charge in [0, 0.05) is 49.6 Å². The van der Waals surface area contributed by atoms with Gasteiger partial charge in [-0.15, -0.1) is 0 Å². The topological polar surface area (TPSA) is 72.3 Å². The molecule has 2 aromatic heterocycles. The van der Waals surface area contributed by atoms with Crippen LogP contribution in [-0.4, -0.2) is 46.7 Å². The first kappa shape index (κ1) is 30.2. The molecule has 0 bridgehead atoms. The van der Waals surface area contributed by atoms with Crippen molar-refractivity contribution in [1.82, 2.24) is 14.5 Å². The largest absolute Gasteiger partial charge is 0.309 e. The highest BCUT2D eigenvalue weighted by atomic mass is 16.1. The number of aromatic nitrogens is 2. The van der Waals surface area contributed by atoms with Gasteiger partial charge in [0.1, 0.15) is 5.78 Å². The summed E-state index contributed by atoms with van der Waals surface area (Å²) < 4.78 is 1.58. The number of rotatable bonds is 13. The molecular weight excluding hydrogens is 486 g/mol. The number of ketones is 2. The zero-order valence-electron chi connectivity index (χ0n) is 24.5. The Hall–Kier alpha value is -3.38. The van der Waals surface area contributed by atoms with Gasteiger partial charge in [0.25, 0.3) is 5.56 Å². The van der Waals surface area contributed by atoms with Gasteiger partial charge in [0.2, 0.25) is 0 Å². The summed E-state index contributed by atoms with van der Waals surface area (Å²) in [7, 11) is 4.01. The Balaban J connectivity index is 1.94. The van der Waals surface area contributed by atoms with Crippen LogP contribution in [0, 0.1) is 19.8 Å². The van der Waals surface area contributed by atoms with Crippen molar-refractivity contribution < 1.29 is 9.59 Å². The van der Waals surface area contributed by atoms with Crippen LogP contribution in [0.2, 0.25) is 0 Å². The van der Waals surface area contributed by atoms with Crippen LogP contribution in [0.3, 0.4) is 0 Å². The summed E-state index contributed by atoms with van der Waals surface area (Å²) in [5.74, 6) is -0.0975. The SMILES string of the molecule is CC(=O)C[C@H](CC(=O)[C@@H](CC(C)C)n1ccc(CCN(C)C)cc1=O)c1cncc(-c2c(C)cccc2C)c1.